The molecule has 0 spiro atoms. The number of carboxylic acid groups (broad SMARTS) is 1. The predicted octanol–water partition coefficient (Wildman–Crippen LogP) is 6.15. The molecule has 0 aliphatic heterocycles. The molecule has 34 heavy (non-hydrogen) atoms. The minimum Gasteiger partial charge on any atom is -0.493 e. The Labute approximate surface area is 203 Å². The van der Waals surface area contributed by atoms with Gasteiger partial charge >= 0.3 is 5.97 Å². The number of hydrogen-bond acceptors (Lipinski definition) is 6. The largest absolute Gasteiger partial charge is 0.493 e. The van der Waals surface area contributed by atoms with Crippen LogP contribution in [0.15, 0.2) is 58.3 Å². The van der Waals surface area contributed by atoms with Crippen LogP contribution in [0.5, 0.6) is 5.75 Å². The van der Waals surface area contributed by atoms with E-state index in [2.05, 4.69) is 4.98 Å². The highest BCUT2D eigenvalue weighted by Crippen LogP contribution is 2.34. The number of aryl methyl sites for hydroxylation is 1. The average molecular weight is 480 g/mol. The molecular weight excluding hydrogens is 450 g/mol. The molecule has 0 saturated heterocycles. The molecule has 6 nitrogen and oxygen atoms in total. The van der Waals surface area contributed by atoms with Crippen LogP contribution in [0.2, 0.25) is 0 Å². The van der Waals surface area contributed by atoms with Crippen LogP contribution in [0.25, 0.3) is 21.5 Å². The molecule has 2 aromatic carbocycles. The van der Waals surface area contributed by atoms with Crippen LogP contribution in [0.3, 0.4) is 0 Å². The summed E-state index contributed by atoms with van der Waals surface area (Å²) in [5, 5.41) is 12.6. The third-order valence-electron chi connectivity index (χ3n) is 5.48. The van der Waals surface area contributed by atoms with Crippen molar-refractivity contribution in [3.8, 4) is 17.2 Å². The van der Waals surface area contributed by atoms with Crippen molar-refractivity contribution in [2.45, 2.75) is 39.7 Å². The Morgan fingerprint density at radius 1 is 1.15 bits per heavy atom. The normalized spacial score (nSPS) is 12.4. The van der Waals surface area contributed by atoms with Gasteiger partial charge in [-0.1, -0.05) is 38.1 Å². The van der Waals surface area contributed by atoms with E-state index in [1.807, 2.05) is 74.7 Å². The fourth-order valence-corrected chi connectivity index (χ4v) is 4.67. The molecule has 7 heteroatoms. The highest BCUT2D eigenvalue weighted by Gasteiger charge is 2.21. The van der Waals surface area contributed by atoms with E-state index in [1.54, 1.807) is 11.3 Å². The predicted molar refractivity (Wildman–Crippen MR) is 134 cm³/mol. The van der Waals surface area contributed by atoms with Crippen LogP contribution in [-0.4, -0.2) is 35.4 Å². The average Bonchev–Trinajstić information content (AvgIpc) is 3.45. The Morgan fingerprint density at radius 3 is 2.68 bits per heavy atom. The monoisotopic (exact) mass is 479 g/mol. The Kier molecular flexibility index (Phi) is 7.65. The standard InChI is InChI=1S/C27H29NO5S/c1-17(2)16-32-24(27(29)30)15-20-9-10-23(21-12-14-34-25(20)21)31-13-11-22-18(3)33-26(28-22)19-7-5-4-6-8-19/h4-10,12,14,17,24H,11,13,15-16H2,1-3H3,(H,29,30). The second kappa shape index (κ2) is 10.8. The first-order chi connectivity index (χ1) is 16.4. The van der Waals surface area contributed by atoms with Gasteiger partial charge in [0.2, 0.25) is 5.89 Å². The number of oxazole rings is 1. The zero-order valence-corrected chi connectivity index (χ0v) is 20.4. The van der Waals surface area contributed by atoms with E-state index in [0.29, 0.717) is 31.9 Å². The molecule has 0 fully saturated rings. The van der Waals surface area contributed by atoms with Crippen molar-refractivity contribution in [3.05, 3.63) is 70.9 Å². The summed E-state index contributed by atoms with van der Waals surface area (Å²) in [5.41, 5.74) is 2.78. The van der Waals surface area contributed by atoms with Crippen molar-refractivity contribution in [2.75, 3.05) is 13.2 Å². The van der Waals surface area contributed by atoms with Crippen LogP contribution < -0.4 is 4.74 Å². The summed E-state index contributed by atoms with van der Waals surface area (Å²) < 4.78 is 18.6. The summed E-state index contributed by atoms with van der Waals surface area (Å²) in [4.78, 5) is 16.3. The Hall–Kier alpha value is -3.16. The Balaban J connectivity index is 1.43. The van der Waals surface area contributed by atoms with E-state index < -0.39 is 12.1 Å². The smallest absolute Gasteiger partial charge is 0.333 e. The molecule has 2 aromatic heterocycles. The van der Waals surface area contributed by atoms with E-state index in [-0.39, 0.29) is 5.92 Å². The number of benzene rings is 2. The number of carbonyl (C=O) groups is 1. The third kappa shape index (κ3) is 5.66. The van der Waals surface area contributed by atoms with Gasteiger partial charge < -0.3 is 19.0 Å². The fourth-order valence-electron chi connectivity index (χ4n) is 3.73. The van der Waals surface area contributed by atoms with Gasteiger partial charge in [0.05, 0.1) is 18.9 Å². The minimum atomic E-state index is -0.941. The maximum absolute atomic E-state index is 11.7. The molecule has 1 atom stereocenters. The van der Waals surface area contributed by atoms with Crippen molar-refractivity contribution in [1.82, 2.24) is 4.98 Å². The van der Waals surface area contributed by atoms with Crippen LogP contribution in [0.1, 0.15) is 30.9 Å². The molecule has 178 valence electrons. The van der Waals surface area contributed by atoms with E-state index in [9.17, 15) is 9.90 Å². The quantitative estimate of drug-likeness (QED) is 0.278. The summed E-state index contributed by atoms with van der Waals surface area (Å²) in [5.74, 6) is 1.52. The van der Waals surface area contributed by atoms with E-state index in [1.165, 1.54) is 0 Å². The van der Waals surface area contributed by atoms with Gasteiger partial charge in [-0.15, -0.1) is 11.3 Å². The Morgan fingerprint density at radius 2 is 1.94 bits per heavy atom. The van der Waals surface area contributed by atoms with E-state index in [4.69, 9.17) is 13.9 Å². The lowest BCUT2D eigenvalue weighted by Gasteiger charge is -2.16. The van der Waals surface area contributed by atoms with Crippen molar-refractivity contribution in [3.63, 3.8) is 0 Å². The molecule has 0 saturated carbocycles. The summed E-state index contributed by atoms with van der Waals surface area (Å²) in [6.45, 7) is 6.80. The highest BCUT2D eigenvalue weighted by molar-refractivity contribution is 7.17. The summed E-state index contributed by atoms with van der Waals surface area (Å²) in [7, 11) is 0. The summed E-state index contributed by atoms with van der Waals surface area (Å²) in [6, 6.07) is 15.7. The lowest BCUT2D eigenvalue weighted by molar-refractivity contribution is -0.150. The van der Waals surface area contributed by atoms with Crippen molar-refractivity contribution in [2.24, 2.45) is 5.92 Å². The number of aliphatic carboxylic acids is 1. The number of rotatable bonds is 11. The zero-order valence-electron chi connectivity index (χ0n) is 19.6. The molecule has 2 heterocycles. The van der Waals surface area contributed by atoms with Gasteiger partial charge in [-0.2, -0.15) is 0 Å². The fraction of sp³-hybridized carbons (Fsp3) is 0.333. The summed E-state index contributed by atoms with van der Waals surface area (Å²) >= 11 is 1.58. The van der Waals surface area contributed by atoms with Crippen molar-refractivity contribution < 1.29 is 23.8 Å². The second-order valence-electron chi connectivity index (χ2n) is 8.63. The SMILES string of the molecule is Cc1oc(-c2ccccc2)nc1CCOc1ccc(CC(OCC(C)C)C(=O)O)c2sccc12. The highest BCUT2D eigenvalue weighted by atomic mass is 32.1. The first kappa shape index (κ1) is 24.0. The molecule has 4 rings (SSSR count). The summed E-state index contributed by atoms with van der Waals surface area (Å²) in [6.07, 6.45) is 0.0767. The van der Waals surface area contributed by atoms with E-state index in [0.717, 1.165) is 38.4 Å². The van der Waals surface area contributed by atoms with Crippen molar-refractivity contribution in [1.29, 1.82) is 0 Å². The zero-order chi connectivity index (χ0) is 24.1. The topological polar surface area (TPSA) is 81.8 Å². The number of fused-ring (bicyclic) bond motifs is 1. The molecule has 4 aromatic rings. The minimum absolute atomic E-state index is 0.275. The van der Waals surface area contributed by atoms with Crippen LogP contribution in [0, 0.1) is 12.8 Å². The maximum atomic E-state index is 11.7. The number of thiophene rings is 1. The maximum Gasteiger partial charge on any atom is 0.333 e. The van der Waals surface area contributed by atoms with Gasteiger partial charge in [0.1, 0.15) is 11.5 Å². The van der Waals surface area contributed by atoms with Gasteiger partial charge in [0.15, 0.2) is 6.10 Å². The lowest BCUT2D eigenvalue weighted by atomic mass is 10.1. The second-order valence-corrected chi connectivity index (χ2v) is 9.55. The van der Waals surface area contributed by atoms with Crippen LogP contribution >= 0.6 is 11.3 Å². The molecule has 0 aliphatic rings. The number of hydrogen-bond donors (Lipinski definition) is 1. The molecule has 0 aliphatic carbocycles. The van der Waals surface area contributed by atoms with Gasteiger partial charge in [-0.3, -0.25) is 0 Å². The number of ether oxygens (including phenoxy) is 2. The van der Waals surface area contributed by atoms with E-state index >= 15 is 0 Å². The molecule has 1 N–H and O–H groups in total. The first-order valence-corrected chi connectivity index (χ1v) is 12.3. The van der Waals surface area contributed by atoms with Gasteiger partial charge in [-0.05, 0) is 48.1 Å². The van der Waals surface area contributed by atoms with Crippen LogP contribution in [-0.2, 0) is 22.4 Å². The number of carboxylic acids is 1. The lowest BCUT2D eigenvalue weighted by Crippen LogP contribution is -2.28. The van der Waals surface area contributed by atoms with Gasteiger partial charge in [-0.25, -0.2) is 9.78 Å². The third-order valence-corrected chi connectivity index (χ3v) is 6.47. The van der Waals surface area contributed by atoms with Crippen LogP contribution in [0.4, 0.5) is 0 Å². The first-order valence-electron chi connectivity index (χ1n) is 11.4. The molecule has 0 bridgehead atoms. The van der Waals surface area contributed by atoms with Gasteiger partial charge in [0.25, 0.3) is 0 Å². The molecule has 1 unspecified atom stereocenters. The Bertz CT molecular complexity index is 1240. The molecule has 0 radical (unpaired) electrons. The number of aromatic nitrogens is 1. The molecular formula is C27H29NO5S. The van der Waals surface area contributed by atoms with Crippen molar-refractivity contribution >= 4 is 27.4 Å². The number of nitrogens with zero attached hydrogens (tertiary/aromatic N) is 1. The molecule has 0 amide bonds. The van der Waals surface area contributed by atoms with Gasteiger partial charge in [0, 0.05) is 28.5 Å².